The molecule has 0 spiro atoms. The number of hydrogen-bond acceptors (Lipinski definition) is 8. The molecule has 0 saturated heterocycles. The highest BCUT2D eigenvalue weighted by Gasteiger charge is 2.34. The monoisotopic (exact) mass is 507 g/mol. The number of imidazole rings is 1. The second kappa shape index (κ2) is 8.66. The Balaban J connectivity index is 2.15. The summed E-state index contributed by atoms with van der Waals surface area (Å²) in [6.07, 6.45) is -7.25. The number of halogens is 6. The van der Waals surface area contributed by atoms with Gasteiger partial charge in [-0.2, -0.15) is 26.3 Å². The SMILES string of the molecule is CCS(=O)(=O)c1cc(N=CC=C(N)C(F)(F)F)cnc1-c1nc2cc(C(F)(F)F)nnc2n1C. The number of sulfone groups is 1. The lowest BCUT2D eigenvalue weighted by Gasteiger charge is -2.09. The lowest BCUT2D eigenvalue weighted by molar-refractivity contribution is -0.141. The van der Waals surface area contributed by atoms with E-state index in [0.29, 0.717) is 12.1 Å². The molecule has 0 saturated carbocycles. The normalized spacial score (nSPS) is 13.8. The van der Waals surface area contributed by atoms with Gasteiger partial charge in [0.1, 0.15) is 16.9 Å². The van der Waals surface area contributed by atoms with E-state index in [1.807, 2.05) is 0 Å². The molecule has 0 unspecified atom stereocenters. The fraction of sp³-hybridized carbons (Fsp3) is 0.278. The van der Waals surface area contributed by atoms with Crippen LogP contribution in [0.2, 0.25) is 0 Å². The first-order valence-corrected chi connectivity index (χ1v) is 10.9. The van der Waals surface area contributed by atoms with Crippen LogP contribution in [0, 0.1) is 0 Å². The van der Waals surface area contributed by atoms with E-state index in [1.165, 1.54) is 18.5 Å². The van der Waals surface area contributed by atoms with Gasteiger partial charge in [0.15, 0.2) is 27.0 Å². The number of aryl methyl sites for hydroxylation is 1. The summed E-state index contributed by atoms with van der Waals surface area (Å²) < 4.78 is 103. The summed E-state index contributed by atoms with van der Waals surface area (Å²) in [5, 5.41) is 6.64. The molecule has 0 atom stereocenters. The van der Waals surface area contributed by atoms with E-state index in [4.69, 9.17) is 5.73 Å². The Morgan fingerprint density at radius 2 is 1.85 bits per heavy atom. The van der Waals surface area contributed by atoms with Crippen molar-refractivity contribution >= 4 is 32.9 Å². The second-order valence-corrected chi connectivity index (χ2v) is 9.02. The van der Waals surface area contributed by atoms with Gasteiger partial charge in [-0.25, -0.2) is 18.4 Å². The third kappa shape index (κ3) is 5.00. The molecule has 2 N–H and O–H groups in total. The lowest BCUT2D eigenvalue weighted by atomic mass is 10.3. The molecule has 0 radical (unpaired) electrons. The van der Waals surface area contributed by atoms with E-state index in [1.54, 1.807) is 0 Å². The van der Waals surface area contributed by atoms with Gasteiger partial charge >= 0.3 is 12.4 Å². The molecule has 34 heavy (non-hydrogen) atoms. The Labute approximate surface area is 188 Å². The van der Waals surface area contributed by atoms with Crippen LogP contribution in [0.4, 0.5) is 32.0 Å². The molecular formula is C18H15F6N7O2S. The third-order valence-corrected chi connectivity index (χ3v) is 6.22. The van der Waals surface area contributed by atoms with Crippen LogP contribution in [0.3, 0.4) is 0 Å². The van der Waals surface area contributed by atoms with E-state index >= 15 is 0 Å². The minimum absolute atomic E-state index is 0.0560. The predicted molar refractivity (Wildman–Crippen MR) is 109 cm³/mol. The fourth-order valence-corrected chi connectivity index (χ4v) is 3.75. The molecule has 0 aliphatic carbocycles. The lowest BCUT2D eigenvalue weighted by Crippen LogP contribution is -2.19. The summed E-state index contributed by atoms with van der Waals surface area (Å²) in [7, 11) is -2.59. The molecule has 0 fully saturated rings. The molecule has 182 valence electrons. The van der Waals surface area contributed by atoms with Crippen LogP contribution in [0.15, 0.2) is 40.0 Å². The highest BCUT2D eigenvalue weighted by molar-refractivity contribution is 7.91. The van der Waals surface area contributed by atoms with E-state index in [9.17, 15) is 34.8 Å². The van der Waals surface area contributed by atoms with Crippen molar-refractivity contribution in [3.8, 4) is 11.5 Å². The van der Waals surface area contributed by atoms with Crippen molar-refractivity contribution in [2.75, 3.05) is 5.75 Å². The zero-order chi connectivity index (χ0) is 25.5. The van der Waals surface area contributed by atoms with Gasteiger partial charge in [0.05, 0.1) is 22.5 Å². The molecule has 0 aliphatic rings. The fourth-order valence-electron chi connectivity index (χ4n) is 2.70. The molecule has 0 bridgehead atoms. The number of fused-ring (bicyclic) bond motifs is 1. The van der Waals surface area contributed by atoms with Crippen LogP contribution >= 0.6 is 0 Å². The summed E-state index contributed by atoms with van der Waals surface area (Å²) in [5.74, 6) is -0.495. The number of alkyl halides is 6. The van der Waals surface area contributed by atoms with Crippen LogP contribution in [-0.4, -0.2) is 51.3 Å². The number of aromatic nitrogens is 5. The summed E-state index contributed by atoms with van der Waals surface area (Å²) in [6, 6.07) is 1.72. The van der Waals surface area contributed by atoms with Crippen molar-refractivity contribution in [1.82, 2.24) is 24.7 Å². The molecule has 0 amide bonds. The number of nitrogens with zero attached hydrogens (tertiary/aromatic N) is 6. The first kappa shape index (κ1) is 25.1. The highest BCUT2D eigenvalue weighted by Crippen LogP contribution is 2.32. The maximum atomic E-state index is 13.0. The molecule has 3 aromatic rings. The summed E-state index contributed by atoms with van der Waals surface area (Å²) in [4.78, 5) is 11.4. The minimum Gasteiger partial charge on any atom is -0.395 e. The Morgan fingerprint density at radius 1 is 1.18 bits per heavy atom. The van der Waals surface area contributed by atoms with E-state index < -0.39 is 33.6 Å². The smallest absolute Gasteiger partial charge is 0.395 e. The van der Waals surface area contributed by atoms with Crippen LogP contribution in [-0.2, 0) is 23.1 Å². The van der Waals surface area contributed by atoms with Crippen molar-refractivity contribution < 1.29 is 34.8 Å². The summed E-state index contributed by atoms with van der Waals surface area (Å²) >= 11 is 0. The molecule has 3 aromatic heterocycles. The van der Waals surface area contributed by atoms with Crippen LogP contribution in [0.1, 0.15) is 12.6 Å². The molecular weight excluding hydrogens is 492 g/mol. The van der Waals surface area contributed by atoms with E-state index in [0.717, 1.165) is 18.5 Å². The van der Waals surface area contributed by atoms with Gasteiger partial charge in [0, 0.05) is 19.3 Å². The van der Waals surface area contributed by atoms with Crippen molar-refractivity contribution in [3.05, 3.63) is 35.8 Å². The average molecular weight is 507 g/mol. The van der Waals surface area contributed by atoms with Crippen LogP contribution in [0.5, 0.6) is 0 Å². The Bertz CT molecular complexity index is 1410. The summed E-state index contributed by atoms with van der Waals surface area (Å²) in [5.41, 5.74) is 1.60. The molecule has 3 rings (SSSR count). The largest absolute Gasteiger partial charge is 0.435 e. The van der Waals surface area contributed by atoms with Gasteiger partial charge in [-0.15, -0.1) is 10.2 Å². The van der Waals surface area contributed by atoms with Crippen LogP contribution in [0.25, 0.3) is 22.7 Å². The van der Waals surface area contributed by atoms with Crippen molar-refractivity contribution in [1.29, 1.82) is 0 Å². The molecule has 3 heterocycles. The molecule has 16 heteroatoms. The van der Waals surface area contributed by atoms with E-state index in [-0.39, 0.29) is 39.0 Å². The van der Waals surface area contributed by atoms with E-state index in [2.05, 4.69) is 25.2 Å². The number of rotatable bonds is 5. The second-order valence-electron chi connectivity index (χ2n) is 6.77. The van der Waals surface area contributed by atoms with Crippen molar-refractivity contribution in [3.63, 3.8) is 0 Å². The van der Waals surface area contributed by atoms with Gasteiger partial charge in [0.25, 0.3) is 0 Å². The first-order valence-electron chi connectivity index (χ1n) is 9.22. The van der Waals surface area contributed by atoms with Crippen LogP contribution < -0.4 is 5.73 Å². The van der Waals surface area contributed by atoms with Crippen molar-refractivity contribution in [2.45, 2.75) is 24.2 Å². The zero-order valence-electron chi connectivity index (χ0n) is 17.3. The Hall–Kier alpha value is -3.56. The predicted octanol–water partition coefficient (Wildman–Crippen LogP) is 3.34. The molecule has 0 aromatic carbocycles. The van der Waals surface area contributed by atoms with Gasteiger partial charge in [-0.3, -0.25) is 4.99 Å². The number of pyridine rings is 1. The first-order chi connectivity index (χ1) is 15.6. The van der Waals surface area contributed by atoms with Crippen molar-refractivity contribution in [2.24, 2.45) is 17.8 Å². The summed E-state index contributed by atoms with van der Waals surface area (Å²) in [6.45, 7) is 1.35. The molecule has 9 nitrogen and oxygen atoms in total. The Morgan fingerprint density at radius 3 is 2.44 bits per heavy atom. The third-order valence-electron chi connectivity index (χ3n) is 4.48. The molecule has 0 aliphatic heterocycles. The quantitative estimate of drug-likeness (QED) is 0.414. The maximum absolute atomic E-state index is 13.0. The van der Waals surface area contributed by atoms with Gasteiger partial charge in [-0.05, 0) is 12.1 Å². The number of hydrogen-bond donors (Lipinski definition) is 1. The minimum atomic E-state index is -4.77. The number of nitrogens with two attached hydrogens (primary N) is 1. The van der Waals surface area contributed by atoms with Gasteiger partial charge in [0.2, 0.25) is 0 Å². The topological polar surface area (TPSA) is 129 Å². The number of allylic oxidation sites excluding steroid dienone is 2. The average Bonchev–Trinajstić information content (AvgIpc) is 3.08. The highest BCUT2D eigenvalue weighted by atomic mass is 32.2. The zero-order valence-corrected chi connectivity index (χ0v) is 18.2. The number of aliphatic imine (C=N–C) groups is 1. The van der Waals surface area contributed by atoms with Gasteiger partial charge in [-0.1, -0.05) is 6.92 Å². The van der Waals surface area contributed by atoms with Gasteiger partial charge < -0.3 is 10.3 Å². The maximum Gasteiger partial charge on any atom is 0.435 e. The standard InChI is InChI=1S/C18H15F6N7O2S/c1-3-34(32,33)11-6-9(26-5-4-12(25)17(19,20)21)8-27-14(11)16-28-10-7-13(18(22,23)24)29-30-15(10)31(16)2/h4-8H,3,25H2,1-2H3. The Kier molecular flexibility index (Phi) is 6.38.